The zero-order chi connectivity index (χ0) is 10.9. The molecule has 3 nitrogen and oxygen atoms in total. The van der Waals surface area contributed by atoms with Gasteiger partial charge in [0.1, 0.15) is 0 Å². The Hall–Kier alpha value is -0.120. The highest BCUT2D eigenvalue weighted by atomic mass is 16.3. The van der Waals surface area contributed by atoms with Gasteiger partial charge in [-0.25, -0.2) is 0 Å². The van der Waals surface area contributed by atoms with Crippen LogP contribution in [0, 0.1) is 5.92 Å². The Balaban J connectivity index is 1.81. The maximum atomic E-state index is 10.4. The van der Waals surface area contributed by atoms with Gasteiger partial charge in [-0.05, 0) is 45.1 Å². The molecule has 2 rings (SSSR count). The number of rotatable bonds is 4. The Morgan fingerprint density at radius 3 is 2.73 bits per heavy atom. The van der Waals surface area contributed by atoms with Gasteiger partial charge in [-0.2, -0.15) is 0 Å². The normalized spacial score (nSPS) is 36.2. The average Bonchev–Trinajstić information content (AvgIpc) is 2.98. The van der Waals surface area contributed by atoms with Crippen LogP contribution < -0.4 is 10.6 Å². The average molecular weight is 212 g/mol. The minimum Gasteiger partial charge on any atom is -0.387 e. The third-order valence-electron chi connectivity index (χ3n) is 3.74. The van der Waals surface area contributed by atoms with Crippen LogP contribution >= 0.6 is 0 Å². The SMILES string of the molecule is CC1CCNC(C(C)(O)CNC2CC2)C1. The molecule has 2 aliphatic rings. The lowest BCUT2D eigenvalue weighted by atomic mass is 9.84. The number of hydrogen-bond acceptors (Lipinski definition) is 3. The minimum atomic E-state index is -0.600. The topological polar surface area (TPSA) is 44.3 Å². The van der Waals surface area contributed by atoms with Crippen molar-refractivity contribution in [3.63, 3.8) is 0 Å². The Kier molecular flexibility index (Phi) is 3.33. The van der Waals surface area contributed by atoms with E-state index in [1.807, 2.05) is 6.92 Å². The van der Waals surface area contributed by atoms with Crippen molar-refractivity contribution in [1.82, 2.24) is 10.6 Å². The van der Waals surface area contributed by atoms with E-state index in [9.17, 15) is 5.11 Å². The van der Waals surface area contributed by atoms with Crippen LogP contribution in [0.4, 0.5) is 0 Å². The first-order valence-electron chi connectivity index (χ1n) is 6.27. The molecule has 1 saturated carbocycles. The number of nitrogens with one attached hydrogen (secondary N) is 2. The fourth-order valence-electron chi connectivity index (χ4n) is 2.34. The largest absolute Gasteiger partial charge is 0.387 e. The first kappa shape index (κ1) is 11.4. The van der Waals surface area contributed by atoms with E-state index in [1.54, 1.807) is 0 Å². The van der Waals surface area contributed by atoms with Crippen LogP contribution in [0.15, 0.2) is 0 Å². The predicted molar refractivity (Wildman–Crippen MR) is 61.8 cm³/mol. The van der Waals surface area contributed by atoms with Gasteiger partial charge in [-0.3, -0.25) is 0 Å². The minimum absolute atomic E-state index is 0.257. The summed E-state index contributed by atoms with van der Waals surface area (Å²) in [6.07, 6.45) is 4.90. The molecule has 0 aromatic rings. The van der Waals surface area contributed by atoms with Crippen molar-refractivity contribution in [3.8, 4) is 0 Å². The maximum Gasteiger partial charge on any atom is 0.0895 e. The highest BCUT2D eigenvalue weighted by molar-refractivity contribution is 4.95. The molecule has 1 aliphatic heterocycles. The molecule has 0 amide bonds. The monoisotopic (exact) mass is 212 g/mol. The van der Waals surface area contributed by atoms with Gasteiger partial charge >= 0.3 is 0 Å². The number of piperidine rings is 1. The molecule has 1 aliphatic carbocycles. The quantitative estimate of drug-likeness (QED) is 0.648. The van der Waals surface area contributed by atoms with Gasteiger partial charge in [0.05, 0.1) is 5.60 Å². The third-order valence-corrected chi connectivity index (χ3v) is 3.74. The van der Waals surface area contributed by atoms with Crippen molar-refractivity contribution < 1.29 is 5.11 Å². The molecule has 0 spiro atoms. The molecule has 1 heterocycles. The van der Waals surface area contributed by atoms with Gasteiger partial charge < -0.3 is 15.7 Å². The second-order valence-electron chi connectivity index (χ2n) is 5.65. The van der Waals surface area contributed by atoms with Crippen molar-refractivity contribution in [2.75, 3.05) is 13.1 Å². The smallest absolute Gasteiger partial charge is 0.0895 e. The molecule has 0 aromatic carbocycles. The van der Waals surface area contributed by atoms with Crippen LogP contribution in [0.2, 0.25) is 0 Å². The van der Waals surface area contributed by atoms with E-state index in [4.69, 9.17) is 0 Å². The molecule has 3 atom stereocenters. The summed E-state index contributed by atoms with van der Waals surface area (Å²) in [4.78, 5) is 0. The third kappa shape index (κ3) is 3.16. The van der Waals surface area contributed by atoms with Crippen LogP contribution in [0.25, 0.3) is 0 Å². The highest BCUT2D eigenvalue weighted by Gasteiger charge is 2.35. The molecular formula is C12H24N2O. The summed E-state index contributed by atoms with van der Waals surface area (Å²) in [6.45, 7) is 6.00. The zero-order valence-electron chi connectivity index (χ0n) is 9.92. The molecule has 88 valence electrons. The molecule has 0 radical (unpaired) electrons. The van der Waals surface area contributed by atoms with Crippen molar-refractivity contribution in [1.29, 1.82) is 0 Å². The first-order chi connectivity index (χ1) is 7.08. The molecule has 3 heteroatoms. The van der Waals surface area contributed by atoms with Gasteiger partial charge in [-0.15, -0.1) is 0 Å². The van der Waals surface area contributed by atoms with Gasteiger partial charge in [0.15, 0.2) is 0 Å². The van der Waals surface area contributed by atoms with Crippen LogP contribution in [0.5, 0.6) is 0 Å². The van der Waals surface area contributed by atoms with E-state index < -0.39 is 5.60 Å². The van der Waals surface area contributed by atoms with Crippen LogP contribution in [0.3, 0.4) is 0 Å². The summed E-state index contributed by atoms with van der Waals surface area (Å²) in [5.74, 6) is 0.739. The maximum absolute atomic E-state index is 10.4. The number of aliphatic hydroxyl groups is 1. The molecule has 15 heavy (non-hydrogen) atoms. The molecular weight excluding hydrogens is 188 g/mol. The summed E-state index contributed by atoms with van der Waals surface area (Å²) in [5, 5.41) is 17.3. The van der Waals surface area contributed by atoms with Gasteiger partial charge in [0, 0.05) is 18.6 Å². The van der Waals surface area contributed by atoms with Crippen LogP contribution in [0.1, 0.15) is 39.5 Å². The summed E-state index contributed by atoms with van der Waals surface area (Å²) in [5.41, 5.74) is -0.600. The lowest BCUT2D eigenvalue weighted by Gasteiger charge is -2.38. The van der Waals surface area contributed by atoms with Crippen molar-refractivity contribution >= 4 is 0 Å². The van der Waals surface area contributed by atoms with Gasteiger partial charge in [-0.1, -0.05) is 6.92 Å². The number of hydrogen-bond donors (Lipinski definition) is 3. The lowest BCUT2D eigenvalue weighted by molar-refractivity contribution is 0.00354. The van der Waals surface area contributed by atoms with E-state index >= 15 is 0 Å². The van der Waals surface area contributed by atoms with Crippen LogP contribution in [-0.4, -0.2) is 35.9 Å². The van der Waals surface area contributed by atoms with Gasteiger partial charge in [0.2, 0.25) is 0 Å². The van der Waals surface area contributed by atoms with E-state index in [-0.39, 0.29) is 6.04 Å². The summed E-state index contributed by atoms with van der Waals surface area (Å²) < 4.78 is 0. The zero-order valence-corrected chi connectivity index (χ0v) is 9.92. The molecule has 2 fully saturated rings. The lowest BCUT2D eigenvalue weighted by Crippen LogP contribution is -2.57. The second-order valence-corrected chi connectivity index (χ2v) is 5.65. The first-order valence-corrected chi connectivity index (χ1v) is 6.27. The Bertz CT molecular complexity index is 214. The Morgan fingerprint density at radius 2 is 2.13 bits per heavy atom. The second kappa shape index (κ2) is 4.40. The highest BCUT2D eigenvalue weighted by Crippen LogP contribution is 2.24. The molecule has 0 aromatic heterocycles. The fourth-order valence-corrected chi connectivity index (χ4v) is 2.34. The Labute approximate surface area is 92.6 Å². The van der Waals surface area contributed by atoms with Gasteiger partial charge in [0.25, 0.3) is 0 Å². The predicted octanol–water partition coefficient (Wildman–Crippen LogP) is 0.877. The van der Waals surface area contributed by atoms with Crippen molar-refractivity contribution in [2.24, 2.45) is 5.92 Å². The van der Waals surface area contributed by atoms with Crippen LogP contribution in [-0.2, 0) is 0 Å². The molecule has 3 unspecified atom stereocenters. The molecule has 3 N–H and O–H groups in total. The Morgan fingerprint density at radius 1 is 1.40 bits per heavy atom. The molecule has 1 saturated heterocycles. The summed E-state index contributed by atoms with van der Waals surface area (Å²) in [6, 6.07) is 0.935. The van der Waals surface area contributed by atoms with E-state index in [2.05, 4.69) is 17.6 Å². The van der Waals surface area contributed by atoms with Crippen molar-refractivity contribution in [3.05, 3.63) is 0 Å². The fraction of sp³-hybridized carbons (Fsp3) is 1.00. The van der Waals surface area contributed by atoms with E-state index in [0.717, 1.165) is 25.4 Å². The standard InChI is InChI=1S/C12H24N2O/c1-9-5-6-13-11(7-9)12(2,15)8-14-10-3-4-10/h9-11,13-15H,3-8H2,1-2H3. The van der Waals surface area contributed by atoms with E-state index in [1.165, 1.54) is 19.3 Å². The van der Waals surface area contributed by atoms with Crippen molar-refractivity contribution in [2.45, 2.75) is 57.2 Å². The summed E-state index contributed by atoms with van der Waals surface area (Å²) in [7, 11) is 0. The van der Waals surface area contributed by atoms with E-state index in [0.29, 0.717) is 6.04 Å². The molecule has 0 bridgehead atoms. The summed E-state index contributed by atoms with van der Waals surface area (Å²) >= 11 is 0.